The van der Waals surface area contributed by atoms with Crippen LogP contribution in [0.5, 0.6) is 23.0 Å². The van der Waals surface area contributed by atoms with E-state index in [9.17, 15) is 9.59 Å². The molecule has 1 atom stereocenters. The highest BCUT2D eigenvalue weighted by Crippen LogP contribution is 2.42. The first kappa shape index (κ1) is 30.9. The molecule has 230 valence electrons. The van der Waals surface area contributed by atoms with E-state index in [4.69, 9.17) is 24.0 Å². The summed E-state index contributed by atoms with van der Waals surface area (Å²) in [6.07, 6.45) is 0.535. The van der Waals surface area contributed by atoms with E-state index >= 15 is 0 Å². The normalized spacial score (nSPS) is 14.2. The molecule has 4 aromatic rings. The van der Waals surface area contributed by atoms with E-state index in [1.807, 2.05) is 35.7 Å². The van der Waals surface area contributed by atoms with Crippen LogP contribution in [0.1, 0.15) is 39.1 Å². The first-order chi connectivity index (χ1) is 21.4. The van der Waals surface area contributed by atoms with Gasteiger partial charge in [-0.05, 0) is 29.6 Å². The van der Waals surface area contributed by atoms with Crippen molar-refractivity contribution in [2.45, 2.75) is 24.2 Å². The molecule has 0 spiro atoms. The zero-order chi connectivity index (χ0) is 31.2. The maximum absolute atomic E-state index is 13.7. The van der Waals surface area contributed by atoms with E-state index in [2.05, 4.69) is 15.5 Å². The zero-order valence-corrected chi connectivity index (χ0v) is 26.5. The van der Waals surface area contributed by atoms with Gasteiger partial charge in [0.1, 0.15) is 11.5 Å². The van der Waals surface area contributed by atoms with Crippen LogP contribution in [0.3, 0.4) is 0 Å². The number of benzene rings is 2. The maximum Gasteiger partial charge on any atom is 0.253 e. The van der Waals surface area contributed by atoms with Crippen molar-refractivity contribution in [3.05, 3.63) is 75.7 Å². The molecule has 44 heavy (non-hydrogen) atoms. The standard InChI is InChI=1S/C30H32N6O6S2/c1-35-26(16-31-29(38)18-12-19(39-2)14-20(13-18)40-3)32-33-30(35)44-17-27(37)36-23(15-22(34-36)25-10-7-11-43-25)21-8-6-9-24(41-4)28(21)42-5/h6-14,23H,15-17H2,1-5H3,(H,31,38)/t23-/m1/s1. The fraction of sp³-hybridized carbons (Fsp3) is 0.300. The lowest BCUT2D eigenvalue weighted by Crippen LogP contribution is -2.29. The number of nitrogens with one attached hydrogen (secondary N) is 1. The van der Waals surface area contributed by atoms with E-state index in [0.717, 1.165) is 16.2 Å². The Morgan fingerprint density at radius 1 is 1.00 bits per heavy atom. The van der Waals surface area contributed by atoms with Crippen LogP contribution in [-0.4, -0.2) is 71.5 Å². The molecule has 0 saturated heterocycles. The zero-order valence-electron chi connectivity index (χ0n) is 24.9. The molecule has 1 N–H and O–H groups in total. The average Bonchev–Trinajstić information content (AvgIpc) is 3.82. The van der Waals surface area contributed by atoms with Gasteiger partial charge in [0.2, 0.25) is 0 Å². The number of thiophene rings is 1. The van der Waals surface area contributed by atoms with Gasteiger partial charge in [-0.3, -0.25) is 9.59 Å². The number of amides is 2. The second kappa shape index (κ2) is 13.8. The predicted octanol–water partition coefficient (Wildman–Crippen LogP) is 4.31. The SMILES string of the molecule is COc1cc(OC)cc(C(=O)NCc2nnc(SCC(=O)N3N=C(c4cccs4)C[C@@H]3c3cccc(OC)c3OC)n2C)c1. The molecular weight excluding hydrogens is 605 g/mol. The Hall–Kier alpha value is -4.56. The summed E-state index contributed by atoms with van der Waals surface area (Å²) in [5, 5.41) is 20.1. The van der Waals surface area contributed by atoms with Gasteiger partial charge in [0.15, 0.2) is 22.5 Å². The van der Waals surface area contributed by atoms with E-state index < -0.39 is 0 Å². The summed E-state index contributed by atoms with van der Waals surface area (Å²) in [6.45, 7) is 0.134. The largest absolute Gasteiger partial charge is 0.497 e. The first-order valence-corrected chi connectivity index (χ1v) is 15.4. The third-order valence-electron chi connectivity index (χ3n) is 7.03. The summed E-state index contributed by atoms with van der Waals surface area (Å²) in [5.74, 6) is 2.26. The molecule has 0 fully saturated rings. The number of hydrazone groups is 1. The summed E-state index contributed by atoms with van der Waals surface area (Å²) < 4.78 is 23.5. The van der Waals surface area contributed by atoms with Crippen molar-refractivity contribution >= 4 is 40.6 Å². The minimum absolute atomic E-state index is 0.0753. The topological polar surface area (TPSA) is 129 Å². The highest BCUT2D eigenvalue weighted by Gasteiger charge is 2.36. The lowest BCUT2D eigenvalue weighted by Gasteiger charge is -2.24. The number of aromatic nitrogens is 3. The van der Waals surface area contributed by atoms with Crippen molar-refractivity contribution in [1.29, 1.82) is 0 Å². The van der Waals surface area contributed by atoms with Gasteiger partial charge in [0, 0.05) is 30.7 Å². The maximum atomic E-state index is 13.7. The second-order valence-electron chi connectivity index (χ2n) is 9.60. The Morgan fingerprint density at radius 3 is 2.43 bits per heavy atom. The van der Waals surface area contributed by atoms with Crippen LogP contribution < -0.4 is 24.3 Å². The molecule has 0 aliphatic carbocycles. The molecule has 2 aromatic heterocycles. The number of thioether (sulfide) groups is 1. The molecule has 5 rings (SSSR count). The molecule has 0 radical (unpaired) electrons. The number of ether oxygens (including phenoxy) is 4. The number of hydrogen-bond acceptors (Lipinski definition) is 11. The van der Waals surface area contributed by atoms with Crippen molar-refractivity contribution in [1.82, 2.24) is 25.1 Å². The molecular formula is C30H32N6O6S2. The minimum atomic E-state index is -0.370. The van der Waals surface area contributed by atoms with Gasteiger partial charge in [-0.1, -0.05) is 30.0 Å². The van der Waals surface area contributed by atoms with Crippen LogP contribution in [0.4, 0.5) is 0 Å². The summed E-state index contributed by atoms with van der Waals surface area (Å²) in [4.78, 5) is 27.5. The number of hydrogen-bond donors (Lipinski definition) is 1. The van der Waals surface area contributed by atoms with Gasteiger partial charge >= 0.3 is 0 Å². The summed E-state index contributed by atoms with van der Waals surface area (Å²) in [7, 11) is 8.00. The van der Waals surface area contributed by atoms with Crippen LogP contribution in [0.25, 0.3) is 0 Å². The monoisotopic (exact) mass is 636 g/mol. The molecule has 2 aromatic carbocycles. The van der Waals surface area contributed by atoms with Gasteiger partial charge in [-0.25, -0.2) is 5.01 Å². The van der Waals surface area contributed by atoms with Gasteiger partial charge in [0.05, 0.1) is 57.4 Å². The third kappa shape index (κ3) is 6.50. The third-order valence-corrected chi connectivity index (χ3v) is 8.96. The van der Waals surface area contributed by atoms with Crippen LogP contribution in [0, 0.1) is 0 Å². The van der Waals surface area contributed by atoms with Crippen LogP contribution in [-0.2, 0) is 18.4 Å². The number of rotatable bonds is 12. The van der Waals surface area contributed by atoms with Gasteiger partial charge < -0.3 is 28.8 Å². The number of nitrogens with zero attached hydrogens (tertiary/aromatic N) is 5. The Balaban J connectivity index is 1.28. The molecule has 3 heterocycles. The predicted molar refractivity (Wildman–Crippen MR) is 167 cm³/mol. The first-order valence-electron chi connectivity index (χ1n) is 13.5. The van der Waals surface area contributed by atoms with Gasteiger partial charge in [0.25, 0.3) is 11.8 Å². The van der Waals surface area contributed by atoms with Crippen molar-refractivity contribution in [2.24, 2.45) is 12.1 Å². The second-order valence-corrected chi connectivity index (χ2v) is 11.5. The fourth-order valence-corrected chi connectivity index (χ4v) is 6.27. The molecule has 1 aliphatic rings. The lowest BCUT2D eigenvalue weighted by molar-refractivity contribution is -0.130. The molecule has 0 saturated carbocycles. The summed E-state index contributed by atoms with van der Waals surface area (Å²) in [5.41, 5.74) is 2.03. The number of para-hydroxylation sites is 1. The van der Waals surface area contributed by atoms with E-state index in [1.54, 1.807) is 55.4 Å². The van der Waals surface area contributed by atoms with Crippen LogP contribution in [0.15, 0.2) is 64.2 Å². The highest BCUT2D eigenvalue weighted by molar-refractivity contribution is 7.99. The van der Waals surface area contributed by atoms with E-state index in [1.165, 1.54) is 31.0 Å². The fourth-order valence-electron chi connectivity index (χ4n) is 4.77. The molecule has 0 bridgehead atoms. The van der Waals surface area contributed by atoms with Crippen molar-refractivity contribution in [3.8, 4) is 23.0 Å². The van der Waals surface area contributed by atoms with Gasteiger partial charge in [-0.15, -0.1) is 21.5 Å². The smallest absolute Gasteiger partial charge is 0.253 e. The molecule has 12 nitrogen and oxygen atoms in total. The number of carbonyl (C=O) groups excluding carboxylic acids is 2. The van der Waals surface area contributed by atoms with Crippen molar-refractivity contribution in [2.75, 3.05) is 34.2 Å². The Bertz CT molecular complexity index is 1650. The molecule has 14 heteroatoms. The quantitative estimate of drug-likeness (QED) is 0.226. The van der Waals surface area contributed by atoms with Gasteiger partial charge in [-0.2, -0.15) is 5.10 Å². The Labute approximate surface area is 263 Å². The minimum Gasteiger partial charge on any atom is -0.497 e. The molecule has 0 unspecified atom stereocenters. The summed E-state index contributed by atoms with van der Waals surface area (Å²) in [6, 6.07) is 14.2. The van der Waals surface area contributed by atoms with E-state index in [-0.39, 0.29) is 30.2 Å². The highest BCUT2D eigenvalue weighted by atomic mass is 32.2. The Kier molecular flexibility index (Phi) is 9.70. The van der Waals surface area contributed by atoms with Crippen LogP contribution in [0.2, 0.25) is 0 Å². The Morgan fingerprint density at radius 2 is 1.77 bits per heavy atom. The number of carbonyl (C=O) groups is 2. The summed E-state index contributed by atoms with van der Waals surface area (Å²) >= 11 is 2.83. The average molecular weight is 637 g/mol. The lowest BCUT2D eigenvalue weighted by atomic mass is 9.99. The van der Waals surface area contributed by atoms with Crippen LogP contribution >= 0.6 is 23.1 Å². The molecule has 1 aliphatic heterocycles. The van der Waals surface area contributed by atoms with Crippen molar-refractivity contribution in [3.63, 3.8) is 0 Å². The number of methoxy groups -OCH3 is 4. The molecule has 2 amide bonds. The van der Waals surface area contributed by atoms with E-state index in [0.29, 0.717) is 46.0 Å². The van der Waals surface area contributed by atoms with Crippen molar-refractivity contribution < 1.29 is 28.5 Å².